The first kappa shape index (κ1) is 26.2. The fourth-order valence-electron chi connectivity index (χ4n) is 4.60. The van der Waals surface area contributed by atoms with Crippen LogP contribution in [-0.2, 0) is 4.74 Å². The number of carbonyl (C=O) groups excluding carboxylic acids is 1. The molecule has 3 aliphatic heterocycles. The molecule has 35 heavy (non-hydrogen) atoms. The lowest BCUT2D eigenvalue weighted by atomic mass is 9.91. The largest absolute Gasteiger partial charge is 0.463 e. The van der Waals surface area contributed by atoms with Crippen molar-refractivity contribution in [3.63, 3.8) is 0 Å². The van der Waals surface area contributed by atoms with Gasteiger partial charge in [-0.1, -0.05) is 11.6 Å². The van der Waals surface area contributed by atoms with Gasteiger partial charge in [-0.3, -0.25) is 0 Å². The number of rotatable bonds is 6. The second-order valence-electron chi connectivity index (χ2n) is 10.4. The summed E-state index contributed by atoms with van der Waals surface area (Å²) in [5.74, 6) is 0.0243. The molecule has 2 atom stereocenters. The Hall–Kier alpha value is -1.91. The predicted octanol–water partition coefficient (Wildman–Crippen LogP) is 5.10. The van der Waals surface area contributed by atoms with Crippen LogP contribution in [0.3, 0.4) is 0 Å². The third kappa shape index (κ3) is 5.75. The van der Waals surface area contributed by atoms with Crippen LogP contribution >= 0.6 is 27.5 Å². The van der Waals surface area contributed by atoms with Crippen LogP contribution in [0.1, 0.15) is 40.0 Å². The molecule has 1 aromatic carbocycles. The molecule has 8 nitrogen and oxygen atoms in total. The molecular formula is C24H32BrClFN5O3. The van der Waals surface area contributed by atoms with Gasteiger partial charge in [0.2, 0.25) is 0 Å². The highest BCUT2D eigenvalue weighted by molar-refractivity contribution is 9.10. The van der Waals surface area contributed by atoms with Crippen molar-refractivity contribution in [1.82, 2.24) is 19.8 Å². The van der Waals surface area contributed by atoms with E-state index in [-0.39, 0.29) is 39.2 Å². The average Bonchev–Trinajstić information content (AvgIpc) is 2.79. The van der Waals surface area contributed by atoms with Crippen molar-refractivity contribution in [2.45, 2.75) is 57.7 Å². The molecule has 0 radical (unpaired) electrons. The van der Waals surface area contributed by atoms with Gasteiger partial charge in [-0.25, -0.2) is 9.18 Å². The van der Waals surface area contributed by atoms with Gasteiger partial charge in [-0.2, -0.15) is 9.97 Å². The summed E-state index contributed by atoms with van der Waals surface area (Å²) in [4.78, 5) is 27.9. The fraction of sp³-hybridized carbons (Fsp3) is 0.625. The Labute approximate surface area is 218 Å². The standard InChI is InChI=1S/C24H32BrClFN5O3/c1-24(2,3)35-23(33)32-13-14-7-8-15(32)12-31(14)21-16-11-17(26)18(25)19(27)20(16)28-22(29-21)34-10-6-9-30(4)5/h11,14-15H,6-10,12-13H2,1-5H3. The van der Waals surface area contributed by atoms with E-state index in [0.29, 0.717) is 30.9 Å². The number of ether oxygens (including phenoxy) is 2. The van der Waals surface area contributed by atoms with Gasteiger partial charge in [0, 0.05) is 31.1 Å². The summed E-state index contributed by atoms with van der Waals surface area (Å²) in [5, 5.41) is 0.768. The molecule has 4 heterocycles. The van der Waals surface area contributed by atoms with Gasteiger partial charge in [-0.05, 0) is 76.1 Å². The van der Waals surface area contributed by atoms with Crippen LogP contribution in [0, 0.1) is 5.82 Å². The van der Waals surface area contributed by atoms with Gasteiger partial charge in [-0.15, -0.1) is 0 Å². The van der Waals surface area contributed by atoms with E-state index < -0.39 is 11.4 Å². The number of piperidine rings is 2. The van der Waals surface area contributed by atoms with Crippen molar-refractivity contribution >= 4 is 50.3 Å². The first-order valence-corrected chi connectivity index (χ1v) is 13.0. The lowest BCUT2D eigenvalue weighted by Crippen LogP contribution is -2.64. The molecule has 3 fully saturated rings. The zero-order chi connectivity index (χ0) is 25.5. The van der Waals surface area contributed by atoms with Crippen molar-refractivity contribution in [1.29, 1.82) is 0 Å². The summed E-state index contributed by atoms with van der Waals surface area (Å²) < 4.78 is 26.8. The highest BCUT2D eigenvalue weighted by Crippen LogP contribution is 2.40. The number of fused-ring (bicyclic) bond motifs is 4. The number of carbonyl (C=O) groups is 1. The summed E-state index contributed by atoms with van der Waals surface area (Å²) in [6.07, 6.45) is 2.25. The molecule has 3 saturated heterocycles. The third-order valence-corrected chi connectivity index (χ3v) is 7.50. The van der Waals surface area contributed by atoms with Crippen molar-refractivity contribution < 1.29 is 18.7 Å². The minimum atomic E-state index is -0.559. The molecule has 2 bridgehead atoms. The lowest BCUT2D eigenvalue weighted by Gasteiger charge is -2.51. The number of piperazine rings is 1. The van der Waals surface area contributed by atoms with E-state index >= 15 is 4.39 Å². The van der Waals surface area contributed by atoms with E-state index in [0.717, 1.165) is 25.8 Å². The van der Waals surface area contributed by atoms with Gasteiger partial charge in [0.1, 0.15) is 16.9 Å². The van der Waals surface area contributed by atoms with E-state index in [4.69, 9.17) is 26.1 Å². The molecule has 5 rings (SSSR count). The highest BCUT2D eigenvalue weighted by Gasteiger charge is 2.43. The quantitative estimate of drug-likeness (QED) is 0.352. The Bertz CT molecular complexity index is 1110. The van der Waals surface area contributed by atoms with Crippen LogP contribution in [-0.4, -0.2) is 83.9 Å². The van der Waals surface area contributed by atoms with Crippen LogP contribution in [0.25, 0.3) is 10.9 Å². The van der Waals surface area contributed by atoms with Crippen LogP contribution in [0.15, 0.2) is 10.5 Å². The number of hydrogen-bond donors (Lipinski definition) is 0. The Kier molecular flexibility index (Phi) is 7.64. The molecule has 11 heteroatoms. The van der Waals surface area contributed by atoms with E-state index in [1.807, 2.05) is 39.8 Å². The minimum Gasteiger partial charge on any atom is -0.463 e. The maximum absolute atomic E-state index is 15.2. The number of aromatic nitrogens is 2. The normalized spacial score (nSPS) is 20.1. The molecular weight excluding hydrogens is 541 g/mol. The number of nitrogens with zero attached hydrogens (tertiary/aromatic N) is 5. The average molecular weight is 573 g/mol. The van der Waals surface area contributed by atoms with E-state index in [2.05, 4.69) is 30.7 Å². The smallest absolute Gasteiger partial charge is 0.410 e. The Morgan fingerprint density at radius 2 is 1.97 bits per heavy atom. The first-order valence-electron chi connectivity index (χ1n) is 11.8. The first-order chi connectivity index (χ1) is 16.4. The molecule has 0 saturated carbocycles. The summed E-state index contributed by atoms with van der Waals surface area (Å²) in [6, 6.07) is 1.80. The molecule has 1 aromatic heterocycles. The zero-order valence-corrected chi connectivity index (χ0v) is 23.1. The SMILES string of the molecule is CN(C)CCCOc1nc(N2CC3CCC2CN3C(=O)OC(C)(C)C)c2cc(Cl)c(Br)c(F)c2n1. The van der Waals surface area contributed by atoms with E-state index in [1.165, 1.54) is 0 Å². The van der Waals surface area contributed by atoms with Gasteiger partial charge in [0.15, 0.2) is 5.82 Å². The van der Waals surface area contributed by atoms with Gasteiger partial charge >= 0.3 is 12.1 Å². The molecule has 0 spiro atoms. The number of anilines is 1. The highest BCUT2D eigenvalue weighted by atomic mass is 79.9. The monoisotopic (exact) mass is 571 g/mol. The molecule has 0 aliphatic carbocycles. The van der Waals surface area contributed by atoms with Crippen molar-refractivity contribution in [3.8, 4) is 6.01 Å². The van der Waals surface area contributed by atoms with Crippen molar-refractivity contribution in [2.75, 3.05) is 45.2 Å². The number of benzene rings is 1. The van der Waals surface area contributed by atoms with Crippen LogP contribution < -0.4 is 9.64 Å². The van der Waals surface area contributed by atoms with Gasteiger partial charge < -0.3 is 24.2 Å². The molecule has 192 valence electrons. The second kappa shape index (κ2) is 10.2. The third-order valence-electron chi connectivity index (χ3n) is 6.20. The van der Waals surface area contributed by atoms with Crippen molar-refractivity contribution in [2.24, 2.45) is 0 Å². The number of halogens is 3. The summed E-state index contributed by atoms with van der Waals surface area (Å²) >= 11 is 9.53. The minimum absolute atomic E-state index is 0.0118. The summed E-state index contributed by atoms with van der Waals surface area (Å²) in [6.45, 7) is 7.93. The van der Waals surface area contributed by atoms with E-state index in [9.17, 15) is 4.79 Å². The molecule has 2 unspecified atom stereocenters. The predicted molar refractivity (Wildman–Crippen MR) is 138 cm³/mol. The van der Waals surface area contributed by atoms with Crippen LogP contribution in [0.4, 0.5) is 15.0 Å². The molecule has 3 aliphatic rings. The van der Waals surface area contributed by atoms with Gasteiger partial charge in [0.25, 0.3) is 0 Å². The Morgan fingerprint density at radius 1 is 1.26 bits per heavy atom. The molecule has 1 amide bonds. The van der Waals surface area contributed by atoms with Crippen LogP contribution in [0.5, 0.6) is 6.01 Å². The fourth-order valence-corrected chi connectivity index (χ4v) is 5.09. The Morgan fingerprint density at radius 3 is 2.60 bits per heavy atom. The summed E-state index contributed by atoms with van der Waals surface area (Å²) in [5.41, 5.74) is -0.407. The number of amides is 1. The molecule has 0 N–H and O–H groups in total. The van der Waals surface area contributed by atoms with Gasteiger partial charge in [0.05, 0.1) is 22.1 Å². The maximum atomic E-state index is 15.2. The van der Waals surface area contributed by atoms with Crippen LogP contribution in [0.2, 0.25) is 5.02 Å². The number of hydrogen-bond acceptors (Lipinski definition) is 7. The maximum Gasteiger partial charge on any atom is 0.410 e. The second-order valence-corrected chi connectivity index (χ2v) is 11.6. The van der Waals surface area contributed by atoms with E-state index in [1.54, 1.807) is 6.07 Å². The lowest BCUT2D eigenvalue weighted by molar-refractivity contribution is 0.000800. The Balaban J connectivity index is 1.66. The zero-order valence-electron chi connectivity index (χ0n) is 20.8. The van der Waals surface area contributed by atoms with Crippen molar-refractivity contribution in [3.05, 3.63) is 21.4 Å². The topological polar surface area (TPSA) is 71.0 Å². The summed E-state index contributed by atoms with van der Waals surface area (Å²) in [7, 11) is 3.99. The molecule has 2 aromatic rings.